The van der Waals surface area contributed by atoms with Crippen molar-refractivity contribution in [1.29, 1.82) is 0 Å². The van der Waals surface area contributed by atoms with Crippen molar-refractivity contribution < 1.29 is 5.11 Å². The molecule has 0 amide bonds. The molecule has 1 heterocycles. The number of nitrogens with one attached hydrogen (secondary N) is 1. The molecule has 0 spiro atoms. The Hall–Kier alpha value is -1.06. The molecule has 0 aromatic heterocycles. The van der Waals surface area contributed by atoms with Crippen molar-refractivity contribution in [1.82, 2.24) is 5.32 Å². The number of hydrogen-bond acceptors (Lipinski definition) is 3. The van der Waals surface area contributed by atoms with E-state index in [0.717, 1.165) is 38.9 Å². The minimum atomic E-state index is -0.460. The lowest BCUT2D eigenvalue weighted by atomic mass is 9.93. The maximum absolute atomic E-state index is 10.7. The van der Waals surface area contributed by atoms with Gasteiger partial charge in [-0.2, -0.15) is 0 Å². The molecule has 2 aliphatic rings. The molecule has 0 radical (unpaired) electrons. The summed E-state index contributed by atoms with van der Waals surface area (Å²) >= 11 is 0. The maximum Gasteiger partial charge on any atom is 0.0821 e. The number of nitrogens with zero attached hydrogens (tertiary/aromatic N) is 1. The number of hydrogen-bond donors (Lipinski definition) is 2. The Labute approximate surface area is 122 Å². The molecule has 1 aliphatic heterocycles. The summed E-state index contributed by atoms with van der Waals surface area (Å²) in [6, 6.07) is 9.13. The molecule has 1 aromatic rings. The van der Waals surface area contributed by atoms with E-state index in [2.05, 4.69) is 41.4 Å². The highest BCUT2D eigenvalue weighted by molar-refractivity contribution is 5.57. The smallest absolute Gasteiger partial charge is 0.0821 e. The lowest BCUT2D eigenvalue weighted by Gasteiger charge is -2.39. The standard InChI is InChI=1S/C17H26N2O/c1-2-18-15-9-12-19(13-17(20)10-5-6-11-17)16-8-4-3-7-14(15)16/h3-4,7-8,15,18,20H,2,5-6,9-13H2,1H3. The van der Waals surface area contributed by atoms with Crippen LogP contribution in [0.2, 0.25) is 0 Å². The molecule has 2 N–H and O–H groups in total. The maximum atomic E-state index is 10.7. The summed E-state index contributed by atoms with van der Waals surface area (Å²) in [5.41, 5.74) is 2.24. The van der Waals surface area contributed by atoms with Gasteiger partial charge in [-0.05, 0) is 37.4 Å². The van der Waals surface area contributed by atoms with Crippen LogP contribution in [0.1, 0.15) is 50.6 Å². The fourth-order valence-electron chi connectivity index (χ4n) is 3.80. The van der Waals surface area contributed by atoms with E-state index in [1.54, 1.807) is 0 Å². The average Bonchev–Trinajstić information content (AvgIpc) is 2.88. The minimum absolute atomic E-state index is 0.460. The second-order valence-electron chi connectivity index (χ2n) is 6.31. The van der Waals surface area contributed by atoms with Crippen molar-refractivity contribution in [2.24, 2.45) is 0 Å². The van der Waals surface area contributed by atoms with Crippen LogP contribution in [0, 0.1) is 0 Å². The van der Waals surface area contributed by atoms with Crippen molar-refractivity contribution >= 4 is 5.69 Å². The zero-order chi connectivity index (χ0) is 14.0. The third kappa shape index (κ3) is 2.70. The summed E-state index contributed by atoms with van der Waals surface area (Å²) in [6.07, 6.45) is 5.39. The van der Waals surface area contributed by atoms with E-state index in [9.17, 15) is 5.11 Å². The Morgan fingerprint density at radius 2 is 2.05 bits per heavy atom. The first-order chi connectivity index (χ1) is 9.72. The predicted octanol–water partition coefficient (Wildman–Crippen LogP) is 2.85. The van der Waals surface area contributed by atoms with Crippen LogP contribution in [-0.2, 0) is 0 Å². The summed E-state index contributed by atoms with van der Waals surface area (Å²) in [5.74, 6) is 0. The van der Waals surface area contributed by atoms with Crippen molar-refractivity contribution in [3.63, 3.8) is 0 Å². The molecular weight excluding hydrogens is 248 g/mol. The van der Waals surface area contributed by atoms with Crippen LogP contribution in [0.4, 0.5) is 5.69 Å². The van der Waals surface area contributed by atoms with Gasteiger partial charge in [0.1, 0.15) is 0 Å². The first-order valence-electron chi connectivity index (χ1n) is 8.01. The SMILES string of the molecule is CCNC1CCN(CC2(O)CCCC2)c2ccccc21. The normalized spacial score (nSPS) is 24.7. The van der Waals surface area contributed by atoms with Crippen LogP contribution in [0.15, 0.2) is 24.3 Å². The number of β-amino-alcohol motifs (C(OH)–C–C–N with tert-alkyl or cyclic N) is 1. The summed E-state index contributed by atoms with van der Waals surface area (Å²) < 4.78 is 0. The van der Waals surface area contributed by atoms with Crippen LogP contribution < -0.4 is 10.2 Å². The number of para-hydroxylation sites is 1. The largest absolute Gasteiger partial charge is 0.388 e. The van der Waals surface area contributed by atoms with E-state index in [0.29, 0.717) is 6.04 Å². The Kier molecular flexibility index (Phi) is 3.99. The lowest BCUT2D eigenvalue weighted by Crippen LogP contribution is -2.45. The van der Waals surface area contributed by atoms with Gasteiger partial charge in [-0.15, -0.1) is 0 Å². The van der Waals surface area contributed by atoms with Gasteiger partial charge >= 0.3 is 0 Å². The molecule has 0 bridgehead atoms. The van der Waals surface area contributed by atoms with E-state index in [-0.39, 0.29) is 0 Å². The lowest BCUT2D eigenvalue weighted by molar-refractivity contribution is 0.0542. The van der Waals surface area contributed by atoms with E-state index in [1.165, 1.54) is 24.1 Å². The van der Waals surface area contributed by atoms with Crippen molar-refractivity contribution in [2.75, 3.05) is 24.5 Å². The van der Waals surface area contributed by atoms with E-state index < -0.39 is 5.60 Å². The summed E-state index contributed by atoms with van der Waals surface area (Å²) in [6.45, 7) is 5.00. The molecule has 1 fully saturated rings. The minimum Gasteiger partial charge on any atom is -0.388 e. The molecule has 1 unspecified atom stereocenters. The quantitative estimate of drug-likeness (QED) is 0.886. The van der Waals surface area contributed by atoms with Crippen LogP contribution in [0.25, 0.3) is 0 Å². The first kappa shape index (κ1) is 13.9. The van der Waals surface area contributed by atoms with E-state index >= 15 is 0 Å². The topological polar surface area (TPSA) is 35.5 Å². The fraction of sp³-hybridized carbons (Fsp3) is 0.647. The van der Waals surface area contributed by atoms with E-state index in [1.807, 2.05) is 0 Å². The van der Waals surface area contributed by atoms with Gasteiger partial charge in [-0.1, -0.05) is 38.0 Å². The summed E-state index contributed by atoms with van der Waals surface area (Å²) in [7, 11) is 0. The molecule has 0 saturated heterocycles. The predicted molar refractivity (Wildman–Crippen MR) is 83.1 cm³/mol. The number of benzene rings is 1. The van der Waals surface area contributed by atoms with Crippen molar-refractivity contribution in [3.8, 4) is 0 Å². The highest BCUT2D eigenvalue weighted by Crippen LogP contribution is 2.37. The summed E-state index contributed by atoms with van der Waals surface area (Å²) in [5, 5.41) is 14.3. The zero-order valence-electron chi connectivity index (χ0n) is 12.4. The van der Waals surface area contributed by atoms with Gasteiger partial charge in [-0.25, -0.2) is 0 Å². The average molecular weight is 274 g/mol. The highest BCUT2D eigenvalue weighted by atomic mass is 16.3. The van der Waals surface area contributed by atoms with Gasteiger partial charge in [-0.3, -0.25) is 0 Å². The second-order valence-corrected chi connectivity index (χ2v) is 6.31. The molecule has 110 valence electrons. The van der Waals surface area contributed by atoms with Gasteiger partial charge in [0.25, 0.3) is 0 Å². The zero-order valence-corrected chi connectivity index (χ0v) is 12.4. The molecule has 3 nitrogen and oxygen atoms in total. The number of fused-ring (bicyclic) bond motifs is 1. The Balaban J connectivity index is 1.81. The fourth-order valence-corrected chi connectivity index (χ4v) is 3.80. The van der Waals surface area contributed by atoms with Crippen molar-refractivity contribution in [2.45, 2.75) is 50.7 Å². The molecule has 20 heavy (non-hydrogen) atoms. The van der Waals surface area contributed by atoms with Gasteiger partial charge in [0.2, 0.25) is 0 Å². The third-order valence-electron chi connectivity index (χ3n) is 4.81. The van der Waals surface area contributed by atoms with Gasteiger partial charge in [0.15, 0.2) is 0 Å². The highest BCUT2D eigenvalue weighted by Gasteiger charge is 2.35. The van der Waals surface area contributed by atoms with Crippen LogP contribution >= 0.6 is 0 Å². The molecule has 1 aliphatic carbocycles. The molecule has 1 aromatic carbocycles. The van der Waals surface area contributed by atoms with Crippen molar-refractivity contribution in [3.05, 3.63) is 29.8 Å². The van der Waals surface area contributed by atoms with Gasteiger partial charge < -0.3 is 15.3 Å². The van der Waals surface area contributed by atoms with Crippen LogP contribution in [0.5, 0.6) is 0 Å². The van der Waals surface area contributed by atoms with E-state index in [4.69, 9.17) is 0 Å². The van der Waals surface area contributed by atoms with Gasteiger partial charge in [0, 0.05) is 24.8 Å². The third-order valence-corrected chi connectivity index (χ3v) is 4.81. The number of rotatable bonds is 4. The Morgan fingerprint density at radius 1 is 1.30 bits per heavy atom. The summed E-state index contributed by atoms with van der Waals surface area (Å²) in [4.78, 5) is 2.40. The molecule has 3 rings (SSSR count). The Bertz CT molecular complexity index is 454. The first-order valence-corrected chi connectivity index (χ1v) is 8.01. The Morgan fingerprint density at radius 3 is 2.80 bits per heavy atom. The second kappa shape index (κ2) is 5.74. The van der Waals surface area contributed by atoms with Crippen LogP contribution in [-0.4, -0.2) is 30.3 Å². The molecule has 1 atom stereocenters. The van der Waals surface area contributed by atoms with Crippen LogP contribution in [0.3, 0.4) is 0 Å². The number of aliphatic hydroxyl groups is 1. The molecular formula is C17H26N2O. The molecule has 3 heteroatoms. The number of anilines is 1. The molecule has 1 saturated carbocycles. The monoisotopic (exact) mass is 274 g/mol. The van der Waals surface area contributed by atoms with Gasteiger partial charge in [0.05, 0.1) is 5.60 Å².